The molecule has 0 aromatic heterocycles. The van der Waals surface area contributed by atoms with Gasteiger partial charge in [-0.05, 0) is 38.3 Å². The normalized spacial score (nSPS) is 29.9. The Bertz CT molecular complexity index is 424. The van der Waals surface area contributed by atoms with Crippen molar-refractivity contribution < 1.29 is 4.79 Å². The van der Waals surface area contributed by atoms with Crippen molar-refractivity contribution in [3.8, 4) is 0 Å². The first kappa shape index (κ1) is 18.7. The molecule has 126 valence electrons. The number of ketones is 1. The molecule has 0 aliphatic heterocycles. The van der Waals surface area contributed by atoms with Gasteiger partial charge in [0.05, 0.1) is 12.1 Å². The average molecular weight is 308 g/mol. The van der Waals surface area contributed by atoms with Crippen molar-refractivity contribution in [3.05, 3.63) is 0 Å². The number of guanidine groups is 1. The number of nitrogens with zero attached hydrogens (tertiary/aromatic N) is 2. The molecule has 1 aliphatic rings. The van der Waals surface area contributed by atoms with Crippen LogP contribution in [-0.4, -0.2) is 30.0 Å². The van der Waals surface area contributed by atoms with E-state index >= 15 is 0 Å². The Balaban J connectivity index is 3.21. The molecule has 1 aliphatic carbocycles. The quantitative estimate of drug-likeness (QED) is 0.558. The molecule has 22 heavy (non-hydrogen) atoms. The fraction of sp³-hybridized carbons (Fsp3) is 0.824. The van der Waals surface area contributed by atoms with Gasteiger partial charge >= 0.3 is 0 Å². The zero-order valence-electron chi connectivity index (χ0n) is 14.6. The van der Waals surface area contributed by atoms with Gasteiger partial charge in [-0.3, -0.25) is 9.79 Å². The number of hydrogen-bond donors (Lipinski definition) is 2. The number of Topliss-reactive ketones (excluding diaryl/α,β-unsaturated/α-hetero) is 1. The maximum absolute atomic E-state index is 12.0. The third-order valence-electron chi connectivity index (χ3n) is 5.27. The molecule has 4 N–H and O–H groups in total. The van der Waals surface area contributed by atoms with Crippen LogP contribution in [0.15, 0.2) is 9.98 Å². The molecule has 0 spiro atoms. The Hall–Kier alpha value is -1.39. The lowest BCUT2D eigenvalue weighted by atomic mass is 9.77. The molecule has 0 heterocycles. The van der Waals surface area contributed by atoms with Crippen molar-refractivity contribution in [2.45, 2.75) is 66.0 Å². The van der Waals surface area contributed by atoms with Crippen molar-refractivity contribution in [3.63, 3.8) is 0 Å². The van der Waals surface area contributed by atoms with Gasteiger partial charge in [0, 0.05) is 11.8 Å². The predicted octanol–water partition coefficient (Wildman–Crippen LogP) is 2.39. The average Bonchev–Trinajstić information content (AvgIpc) is 2.75. The SMILES string of the molecule is CC=NC(C(CC)CC)[C@@H]1[C@H](C)[C@@H](C(C)=O)C[C@H]1N=C(N)N. The smallest absolute Gasteiger partial charge is 0.186 e. The largest absolute Gasteiger partial charge is 0.370 e. The van der Waals surface area contributed by atoms with E-state index in [9.17, 15) is 4.79 Å². The van der Waals surface area contributed by atoms with Gasteiger partial charge in [0.15, 0.2) is 5.96 Å². The highest BCUT2D eigenvalue weighted by molar-refractivity contribution is 5.79. The minimum Gasteiger partial charge on any atom is -0.370 e. The molecular weight excluding hydrogens is 276 g/mol. The van der Waals surface area contributed by atoms with E-state index < -0.39 is 0 Å². The van der Waals surface area contributed by atoms with Gasteiger partial charge in [-0.15, -0.1) is 0 Å². The topological polar surface area (TPSA) is 93.8 Å². The second kappa shape index (κ2) is 8.30. The van der Waals surface area contributed by atoms with Gasteiger partial charge < -0.3 is 11.5 Å². The third-order valence-corrected chi connectivity index (χ3v) is 5.27. The summed E-state index contributed by atoms with van der Waals surface area (Å²) in [6.07, 6.45) is 4.75. The number of carbonyl (C=O) groups excluding carboxylic acids is 1. The molecule has 1 fully saturated rings. The Kier molecular flexibility index (Phi) is 7.04. The molecule has 1 saturated carbocycles. The molecule has 0 saturated heterocycles. The van der Waals surface area contributed by atoms with Crippen LogP contribution >= 0.6 is 0 Å². The summed E-state index contributed by atoms with van der Waals surface area (Å²) in [5.41, 5.74) is 11.2. The number of rotatable bonds is 7. The van der Waals surface area contributed by atoms with Crippen LogP contribution in [0.4, 0.5) is 0 Å². The molecule has 5 atom stereocenters. The summed E-state index contributed by atoms with van der Waals surface area (Å²) in [5.74, 6) is 1.33. The van der Waals surface area contributed by atoms with Crippen LogP contribution in [0.1, 0.15) is 53.9 Å². The first-order valence-electron chi connectivity index (χ1n) is 8.44. The van der Waals surface area contributed by atoms with Crippen LogP contribution in [0.3, 0.4) is 0 Å². The third kappa shape index (κ3) is 4.08. The van der Waals surface area contributed by atoms with Crippen LogP contribution in [-0.2, 0) is 4.79 Å². The molecule has 1 rings (SSSR count). The zero-order chi connectivity index (χ0) is 16.9. The van der Waals surface area contributed by atoms with Gasteiger partial charge in [-0.25, -0.2) is 4.99 Å². The van der Waals surface area contributed by atoms with E-state index in [0.717, 1.165) is 19.3 Å². The van der Waals surface area contributed by atoms with Crippen LogP contribution < -0.4 is 11.5 Å². The maximum atomic E-state index is 12.0. The van der Waals surface area contributed by atoms with Crippen molar-refractivity contribution in [2.24, 2.45) is 45.1 Å². The summed E-state index contributed by atoms with van der Waals surface area (Å²) in [6, 6.07) is 0.163. The molecule has 0 radical (unpaired) electrons. The summed E-state index contributed by atoms with van der Waals surface area (Å²) in [5, 5.41) is 0. The second-order valence-corrected chi connectivity index (χ2v) is 6.49. The molecule has 5 nitrogen and oxygen atoms in total. The Labute approximate surface area is 134 Å². The first-order valence-corrected chi connectivity index (χ1v) is 8.44. The van der Waals surface area contributed by atoms with E-state index in [1.54, 1.807) is 6.92 Å². The number of aliphatic imine (C=N–C) groups is 2. The summed E-state index contributed by atoms with van der Waals surface area (Å²) >= 11 is 0. The van der Waals surface area contributed by atoms with E-state index in [2.05, 4.69) is 25.8 Å². The fourth-order valence-electron chi connectivity index (χ4n) is 4.13. The van der Waals surface area contributed by atoms with E-state index in [-0.39, 0.29) is 41.6 Å². The van der Waals surface area contributed by atoms with Gasteiger partial charge in [0.25, 0.3) is 0 Å². The van der Waals surface area contributed by atoms with Gasteiger partial charge in [0.2, 0.25) is 0 Å². The monoisotopic (exact) mass is 308 g/mol. The van der Waals surface area contributed by atoms with Crippen LogP contribution in [0.5, 0.6) is 0 Å². The van der Waals surface area contributed by atoms with Crippen molar-refractivity contribution in [1.82, 2.24) is 0 Å². The van der Waals surface area contributed by atoms with Crippen molar-refractivity contribution >= 4 is 18.0 Å². The van der Waals surface area contributed by atoms with Crippen LogP contribution in [0, 0.1) is 23.7 Å². The first-order chi connectivity index (χ1) is 10.4. The molecule has 0 amide bonds. The molecule has 0 aromatic rings. The van der Waals surface area contributed by atoms with E-state index in [4.69, 9.17) is 16.5 Å². The van der Waals surface area contributed by atoms with E-state index in [1.165, 1.54) is 0 Å². The minimum absolute atomic E-state index is 0.0109. The summed E-state index contributed by atoms with van der Waals surface area (Å²) < 4.78 is 0. The molecular formula is C17H32N4O. The number of nitrogens with two attached hydrogens (primary N) is 2. The van der Waals surface area contributed by atoms with Crippen molar-refractivity contribution in [2.75, 3.05) is 0 Å². The summed E-state index contributed by atoms with van der Waals surface area (Å²) in [6.45, 7) is 10.2. The molecule has 0 aromatic carbocycles. The second-order valence-electron chi connectivity index (χ2n) is 6.49. The van der Waals surface area contributed by atoms with E-state index in [0.29, 0.717) is 5.92 Å². The molecule has 0 bridgehead atoms. The number of hydrogen-bond acceptors (Lipinski definition) is 3. The Morgan fingerprint density at radius 2 is 1.91 bits per heavy atom. The van der Waals surface area contributed by atoms with E-state index in [1.807, 2.05) is 13.1 Å². The lowest BCUT2D eigenvalue weighted by Gasteiger charge is -2.33. The van der Waals surface area contributed by atoms with Gasteiger partial charge in [0.1, 0.15) is 5.78 Å². The standard InChI is InChI=1S/C17H32N4O/c1-6-12(7-2)16(20-8-3)15-10(4)13(11(5)22)9-14(15)21-17(18)19/h8,10,12-16H,6-7,9H2,1-5H3,(H4,18,19,21)/t10-,13+,14-,15-,16?/m1/s1. The lowest BCUT2D eigenvalue weighted by molar-refractivity contribution is -0.121. The highest BCUT2D eigenvalue weighted by atomic mass is 16.1. The van der Waals surface area contributed by atoms with Crippen LogP contribution in [0.25, 0.3) is 0 Å². The zero-order valence-corrected chi connectivity index (χ0v) is 14.6. The van der Waals surface area contributed by atoms with Crippen molar-refractivity contribution in [1.29, 1.82) is 0 Å². The maximum Gasteiger partial charge on any atom is 0.186 e. The highest BCUT2D eigenvalue weighted by Gasteiger charge is 2.47. The molecule has 5 heteroatoms. The number of carbonyl (C=O) groups is 1. The highest BCUT2D eigenvalue weighted by Crippen LogP contribution is 2.44. The Morgan fingerprint density at radius 1 is 1.32 bits per heavy atom. The minimum atomic E-state index is -0.0109. The Morgan fingerprint density at radius 3 is 2.32 bits per heavy atom. The predicted molar refractivity (Wildman–Crippen MR) is 93.1 cm³/mol. The van der Waals surface area contributed by atoms with Gasteiger partial charge in [-0.2, -0.15) is 0 Å². The lowest BCUT2D eigenvalue weighted by Crippen LogP contribution is -2.37. The summed E-state index contributed by atoms with van der Waals surface area (Å²) in [4.78, 5) is 21.2. The summed E-state index contributed by atoms with van der Waals surface area (Å²) in [7, 11) is 0. The van der Waals surface area contributed by atoms with Crippen LogP contribution in [0.2, 0.25) is 0 Å². The molecule has 1 unspecified atom stereocenters. The fourth-order valence-corrected chi connectivity index (χ4v) is 4.13. The van der Waals surface area contributed by atoms with Gasteiger partial charge in [-0.1, -0.05) is 33.6 Å².